The van der Waals surface area contributed by atoms with Gasteiger partial charge >= 0.3 is 0 Å². The number of rotatable bonds is 19. The van der Waals surface area contributed by atoms with Crippen molar-refractivity contribution >= 4 is 40.8 Å². The monoisotopic (exact) mass is 609 g/mol. The molecule has 1 unspecified atom stereocenters. The van der Waals surface area contributed by atoms with Crippen molar-refractivity contribution in [1.29, 1.82) is 0 Å². The van der Waals surface area contributed by atoms with Crippen molar-refractivity contribution in [2.45, 2.75) is 64.0 Å². The van der Waals surface area contributed by atoms with Crippen LogP contribution in [0.2, 0.25) is 0 Å². The van der Waals surface area contributed by atoms with Crippen molar-refractivity contribution in [3.05, 3.63) is 108 Å². The van der Waals surface area contributed by atoms with E-state index in [2.05, 4.69) is 45.3 Å². The molecule has 2 heterocycles. The van der Waals surface area contributed by atoms with Crippen LogP contribution in [-0.4, -0.2) is 40.3 Å². The molecular weight excluding hydrogens is 566 g/mol. The zero-order chi connectivity index (χ0) is 31.9. The lowest BCUT2D eigenvalue weighted by molar-refractivity contribution is -0.134. The van der Waals surface area contributed by atoms with E-state index in [1.54, 1.807) is 12.2 Å². The Labute approximate surface area is 264 Å². The van der Waals surface area contributed by atoms with Crippen molar-refractivity contribution in [2.75, 3.05) is 6.54 Å². The number of hydrogen-bond donors (Lipinski definition) is 5. The van der Waals surface area contributed by atoms with E-state index in [4.69, 9.17) is 4.84 Å². The van der Waals surface area contributed by atoms with Crippen LogP contribution in [-0.2, 0) is 38.7 Å². The molecule has 0 aliphatic rings. The Balaban J connectivity index is 1.22. The molecule has 0 fully saturated rings. The molecule has 1 atom stereocenters. The summed E-state index contributed by atoms with van der Waals surface area (Å²) in [7, 11) is 0. The third-order valence-electron chi connectivity index (χ3n) is 7.69. The average molecular weight is 610 g/mol. The number of aryl methyl sites for hydroxylation is 1. The number of H-pyrrole nitrogens is 2. The summed E-state index contributed by atoms with van der Waals surface area (Å²) in [6.07, 6.45) is 11.8. The van der Waals surface area contributed by atoms with E-state index in [1.165, 1.54) is 5.56 Å². The maximum absolute atomic E-state index is 13.3. The van der Waals surface area contributed by atoms with Gasteiger partial charge in [-0.05, 0) is 54.5 Å². The molecule has 2 aromatic carbocycles. The lowest BCUT2D eigenvalue weighted by Gasteiger charge is -2.19. The minimum atomic E-state index is -0.745. The number of carbonyl (C=O) groups is 3. The first kappa shape index (κ1) is 33.0. The van der Waals surface area contributed by atoms with Gasteiger partial charge in [0.15, 0.2) is 0 Å². The molecule has 9 heteroatoms. The molecule has 4 aromatic rings. The summed E-state index contributed by atoms with van der Waals surface area (Å²) in [5, 5.41) is 7.09. The van der Waals surface area contributed by atoms with Crippen LogP contribution in [0.5, 0.6) is 0 Å². The van der Waals surface area contributed by atoms with Crippen LogP contribution in [0.4, 0.5) is 0 Å². The van der Waals surface area contributed by atoms with Gasteiger partial charge in [0.05, 0.1) is 6.61 Å². The fraction of sp³-hybridized carbons (Fsp3) is 0.306. The number of benzene rings is 2. The van der Waals surface area contributed by atoms with Gasteiger partial charge in [-0.15, -0.1) is 0 Å². The Morgan fingerprint density at radius 1 is 0.822 bits per heavy atom. The normalized spacial score (nSPS) is 11.6. The third kappa shape index (κ3) is 10.1. The molecule has 0 aliphatic carbocycles. The third-order valence-corrected chi connectivity index (χ3v) is 7.69. The molecule has 5 N–H and O–H groups in total. The number of aromatic nitrogens is 2. The standard InChI is InChI=1S/C36H43N5O4/c1-3-29-28(24-38-31(29)4-2)22-33(40-34(42)20-13-16-27-23-39-32-18-11-10-17-30(27)32)36(44)37-21-12-6-9-19-35(43)41-45-25-26-14-7-5-8-15-26/h3-5,7-8,10-11,14-15,17-18,23-24,33,38-39H,1-2,6,9,12-13,16,19-22,25H2,(H,37,44)(H,40,42)(H,41,43). The predicted octanol–water partition coefficient (Wildman–Crippen LogP) is 5.76. The zero-order valence-electron chi connectivity index (χ0n) is 25.7. The van der Waals surface area contributed by atoms with Gasteiger partial charge in [0.1, 0.15) is 6.04 Å². The number of hydroxylamine groups is 1. The van der Waals surface area contributed by atoms with E-state index in [-0.39, 0.29) is 17.7 Å². The minimum absolute atomic E-state index is 0.171. The average Bonchev–Trinajstić information content (AvgIpc) is 3.66. The number of aromatic amines is 2. The second-order valence-electron chi connectivity index (χ2n) is 11.0. The zero-order valence-corrected chi connectivity index (χ0v) is 25.7. The first-order chi connectivity index (χ1) is 22.0. The molecule has 2 aromatic heterocycles. The van der Waals surface area contributed by atoms with E-state index in [0.717, 1.165) is 46.1 Å². The summed E-state index contributed by atoms with van der Waals surface area (Å²) < 4.78 is 0. The molecular formula is C36H43N5O4. The Kier molecular flexibility index (Phi) is 12.8. The van der Waals surface area contributed by atoms with Gasteiger partial charge in [-0.25, -0.2) is 5.48 Å². The molecule has 3 amide bonds. The van der Waals surface area contributed by atoms with Gasteiger partial charge in [-0.1, -0.05) is 74.2 Å². The number of para-hydroxylation sites is 1. The van der Waals surface area contributed by atoms with Crippen LogP contribution < -0.4 is 16.1 Å². The van der Waals surface area contributed by atoms with E-state index in [0.29, 0.717) is 51.7 Å². The molecule has 0 aliphatic heterocycles. The quantitative estimate of drug-likeness (QED) is 0.0684. The molecule has 0 saturated carbocycles. The molecule has 0 bridgehead atoms. The summed E-state index contributed by atoms with van der Waals surface area (Å²) in [5.74, 6) is -0.593. The predicted molar refractivity (Wildman–Crippen MR) is 179 cm³/mol. The van der Waals surface area contributed by atoms with Gasteiger partial charge < -0.3 is 20.6 Å². The Morgan fingerprint density at radius 2 is 1.58 bits per heavy atom. The van der Waals surface area contributed by atoms with Gasteiger partial charge in [0.2, 0.25) is 17.7 Å². The van der Waals surface area contributed by atoms with Gasteiger partial charge in [0.25, 0.3) is 0 Å². The van der Waals surface area contributed by atoms with Gasteiger partial charge in [-0.3, -0.25) is 19.2 Å². The highest BCUT2D eigenvalue weighted by atomic mass is 16.6. The van der Waals surface area contributed by atoms with Crippen molar-refractivity contribution in [1.82, 2.24) is 26.1 Å². The lowest BCUT2D eigenvalue weighted by Crippen LogP contribution is -2.48. The second-order valence-corrected chi connectivity index (χ2v) is 11.0. The fourth-order valence-electron chi connectivity index (χ4n) is 5.29. The summed E-state index contributed by atoms with van der Waals surface area (Å²) in [6.45, 7) is 8.48. The summed E-state index contributed by atoms with van der Waals surface area (Å²) in [4.78, 5) is 50.0. The van der Waals surface area contributed by atoms with Crippen molar-refractivity contribution in [3.63, 3.8) is 0 Å². The van der Waals surface area contributed by atoms with Crippen LogP contribution in [0.3, 0.4) is 0 Å². The van der Waals surface area contributed by atoms with Crippen molar-refractivity contribution in [3.8, 4) is 0 Å². The van der Waals surface area contributed by atoms with E-state index in [1.807, 2.05) is 60.9 Å². The number of hydrogen-bond acceptors (Lipinski definition) is 4. The number of carbonyl (C=O) groups excluding carboxylic acids is 3. The topological polar surface area (TPSA) is 128 Å². The van der Waals surface area contributed by atoms with Crippen molar-refractivity contribution < 1.29 is 19.2 Å². The Bertz CT molecular complexity index is 1570. The molecule has 45 heavy (non-hydrogen) atoms. The highest BCUT2D eigenvalue weighted by Gasteiger charge is 2.23. The molecule has 236 valence electrons. The largest absolute Gasteiger partial charge is 0.361 e. The molecule has 0 radical (unpaired) electrons. The highest BCUT2D eigenvalue weighted by Crippen LogP contribution is 2.20. The molecule has 4 rings (SSSR count). The number of fused-ring (bicyclic) bond motifs is 1. The van der Waals surface area contributed by atoms with E-state index in [9.17, 15) is 14.4 Å². The number of unbranched alkanes of at least 4 members (excludes halogenated alkanes) is 2. The maximum atomic E-state index is 13.3. The number of nitrogens with one attached hydrogen (secondary N) is 5. The molecule has 9 nitrogen and oxygen atoms in total. The molecule has 0 spiro atoms. The highest BCUT2D eigenvalue weighted by molar-refractivity contribution is 5.88. The van der Waals surface area contributed by atoms with Crippen LogP contribution in [0.15, 0.2) is 80.1 Å². The Hall–Kier alpha value is -4.89. The number of amides is 3. The van der Waals surface area contributed by atoms with Gasteiger partial charge in [0, 0.05) is 60.4 Å². The summed E-state index contributed by atoms with van der Waals surface area (Å²) in [6, 6.07) is 17.0. The second kappa shape index (κ2) is 17.4. The SMILES string of the molecule is C=Cc1[nH]cc(CC(NC(=O)CCCc2c[nH]c3ccccc23)C(=O)NCCCCCC(=O)NOCc2ccccc2)c1C=C. The van der Waals surface area contributed by atoms with Crippen LogP contribution >= 0.6 is 0 Å². The minimum Gasteiger partial charge on any atom is -0.361 e. The first-order valence-electron chi connectivity index (χ1n) is 15.5. The molecule has 0 saturated heterocycles. The van der Waals surface area contributed by atoms with E-state index >= 15 is 0 Å². The Morgan fingerprint density at radius 3 is 2.38 bits per heavy atom. The van der Waals surface area contributed by atoms with Crippen molar-refractivity contribution in [2.24, 2.45) is 0 Å². The van der Waals surface area contributed by atoms with E-state index < -0.39 is 6.04 Å². The van der Waals surface area contributed by atoms with Crippen LogP contribution in [0.25, 0.3) is 23.1 Å². The first-order valence-corrected chi connectivity index (χ1v) is 15.5. The lowest BCUT2D eigenvalue weighted by atomic mass is 10.0. The fourth-order valence-corrected chi connectivity index (χ4v) is 5.29. The summed E-state index contributed by atoms with van der Waals surface area (Å²) in [5.41, 5.74) is 8.26. The van der Waals surface area contributed by atoms with Crippen LogP contribution in [0, 0.1) is 0 Å². The van der Waals surface area contributed by atoms with Gasteiger partial charge in [-0.2, -0.15) is 0 Å². The summed E-state index contributed by atoms with van der Waals surface area (Å²) >= 11 is 0. The smallest absolute Gasteiger partial charge is 0.243 e. The maximum Gasteiger partial charge on any atom is 0.243 e. The van der Waals surface area contributed by atoms with Crippen LogP contribution in [0.1, 0.15) is 66.5 Å².